The van der Waals surface area contributed by atoms with Crippen molar-refractivity contribution in [2.45, 2.75) is 90.1 Å². The van der Waals surface area contributed by atoms with Crippen molar-refractivity contribution in [2.24, 2.45) is 0 Å². The molecule has 0 bridgehead atoms. The van der Waals surface area contributed by atoms with Crippen molar-refractivity contribution in [1.82, 2.24) is 0 Å². The Labute approximate surface area is 111 Å². The molecule has 0 saturated heterocycles. The predicted octanol–water partition coefficient (Wildman–Crippen LogP) is 6.18. The van der Waals surface area contributed by atoms with Crippen molar-refractivity contribution in [3.8, 4) is 0 Å². The van der Waals surface area contributed by atoms with Crippen LogP contribution < -0.4 is 0 Å². The van der Waals surface area contributed by atoms with E-state index in [0.717, 1.165) is 5.16 Å². The number of hydrogen-bond acceptors (Lipinski definition) is 0. The quantitative estimate of drug-likeness (QED) is 0.455. The zero-order chi connectivity index (χ0) is 12.6. The van der Waals surface area contributed by atoms with E-state index in [4.69, 9.17) is 0 Å². The molecule has 0 amide bonds. The van der Waals surface area contributed by atoms with E-state index in [-0.39, 0.29) is 0 Å². The number of hydrogen-bond donors (Lipinski definition) is 0. The van der Waals surface area contributed by atoms with Gasteiger partial charge in [0.1, 0.15) is 0 Å². The van der Waals surface area contributed by atoms with Gasteiger partial charge >= 0.3 is 0 Å². The van der Waals surface area contributed by atoms with Crippen molar-refractivity contribution in [2.75, 3.05) is 12.3 Å². The van der Waals surface area contributed by atoms with Gasteiger partial charge in [-0.15, -0.1) is 7.92 Å². The molecule has 17 heavy (non-hydrogen) atoms. The first kappa shape index (κ1) is 15.5. The van der Waals surface area contributed by atoms with Crippen molar-refractivity contribution in [3.05, 3.63) is 0 Å². The van der Waals surface area contributed by atoms with Gasteiger partial charge in [-0.2, -0.15) is 0 Å². The van der Waals surface area contributed by atoms with Crippen LogP contribution in [0.3, 0.4) is 0 Å². The van der Waals surface area contributed by atoms with Crippen LogP contribution in [0.1, 0.15) is 85.0 Å². The smallest absolute Gasteiger partial charge is 0.00944 e. The van der Waals surface area contributed by atoms with E-state index in [1.807, 2.05) is 0 Å². The maximum absolute atomic E-state index is 2.39. The number of rotatable bonds is 8. The summed E-state index contributed by atoms with van der Waals surface area (Å²) < 4.78 is 0. The van der Waals surface area contributed by atoms with Gasteiger partial charge < -0.3 is 0 Å². The Bertz CT molecular complexity index is 176. The lowest BCUT2D eigenvalue weighted by Gasteiger charge is -2.45. The Hall–Kier alpha value is 0.430. The molecule has 102 valence electrons. The summed E-state index contributed by atoms with van der Waals surface area (Å²) in [6.07, 6.45) is 18.0. The van der Waals surface area contributed by atoms with Gasteiger partial charge in [0, 0.05) is 0 Å². The van der Waals surface area contributed by atoms with Crippen molar-refractivity contribution < 1.29 is 0 Å². The molecule has 1 rings (SSSR count). The highest BCUT2D eigenvalue weighted by atomic mass is 31.1. The molecule has 0 spiro atoms. The minimum absolute atomic E-state index is 0.325. The molecule has 0 heterocycles. The average molecular weight is 256 g/mol. The molecule has 0 aromatic heterocycles. The van der Waals surface area contributed by atoms with Crippen LogP contribution in [0, 0.1) is 0 Å². The Morgan fingerprint density at radius 3 is 1.88 bits per heavy atom. The lowest BCUT2D eigenvalue weighted by molar-refractivity contribution is 0.361. The SMILES string of the molecule is CCCCC1(P(CCC)CCC)CCCCC1. The van der Waals surface area contributed by atoms with Crippen molar-refractivity contribution in [1.29, 1.82) is 0 Å². The molecule has 0 aliphatic heterocycles. The van der Waals surface area contributed by atoms with Gasteiger partial charge in [-0.1, -0.05) is 65.7 Å². The van der Waals surface area contributed by atoms with Crippen LogP contribution in [-0.4, -0.2) is 17.5 Å². The standard InChI is InChI=1S/C16H33P/c1-4-7-11-16(12-9-8-10-13-16)17(14-5-2)15-6-3/h4-15H2,1-3H3. The zero-order valence-corrected chi connectivity index (χ0v) is 13.3. The van der Waals surface area contributed by atoms with Crippen molar-refractivity contribution in [3.63, 3.8) is 0 Å². The first-order valence-corrected chi connectivity index (χ1v) is 9.75. The summed E-state index contributed by atoms with van der Waals surface area (Å²) >= 11 is 0. The van der Waals surface area contributed by atoms with Gasteiger partial charge in [-0.25, -0.2) is 0 Å². The Morgan fingerprint density at radius 1 is 0.824 bits per heavy atom. The zero-order valence-electron chi connectivity index (χ0n) is 12.4. The Balaban J connectivity index is 2.68. The molecule has 0 aromatic carbocycles. The summed E-state index contributed by atoms with van der Waals surface area (Å²) in [7, 11) is 0.325. The molecule has 1 aliphatic carbocycles. The largest absolute Gasteiger partial charge is 0.100 e. The highest BCUT2D eigenvalue weighted by Crippen LogP contribution is 2.59. The summed E-state index contributed by atoms with van der Waals surface area (Å²) in [5, 5.41) is 0.815. The molecule has 1 aliphatic rings. The molecule has 0 atom stereocenters. The van der Waals surface area contributed by atoms with Crippen LogP contribution >= 0.6 is 7.92 Å². The molecule has 0 unspecified atom stereocenters. The van der Waals surface area contributed by atoms with E-state index in [2.05, 4.69) is 20.8 Å². The third-order valence-corrected chi connectivity index (χ3v) is 8.42. The molecular weight excluding hydrogens is 223 g/mol. The second kappa shape index (κ2) is 8.52. The molecule has 0 aromatic rings. The molecule has 1 heteroatoms. The predicted molar refractivity (Wildman–Crippen MR) is 82.6 cm³/mol. The third-order valence-electron chi connectivity index (χ3n) is 4.44. The highest BCUT2D eigenvalue weighted by molar-refractivity contribution is 7.59. The molecule has 1 fully saturated rings. The minimum Gasteiger partial charge on any atom is -0.100 e. The van der Waals surface area contributed by atoms with Crippen LogP contribution in [0.25, 0.3) is 0 Å². The topological polar surface area (TPSA) is 0 Å². The van der Waals surface area contributed by atoms with E-state index in [0.29, 0.717) is 7.92 Å². The second-order valence-corrected chi connectivity index (χ2v) is 8.80. The van der Waals surface area contributed by atoms with Gasteiger partial charge in [-0.05, 0) is 36.7 Å². The highest BCUT2D eigenvalue weighted by Gasteiger charge is 2.37. The Kier molecular flexibility index (Phi) is 7.76. The molecule has 0 N–H and O–H groups in total. The summed E-state index contributed by atoms with van der Waals surface area (Å²) in [5.74, 6) is 0. The van der Waals surface area contributed by atoms with Crippen LogP contribution in [-0.2, 0) is 0 Å². The van der Waals surface area contributed by atoms with Crippen LogP contribution in [0.15, 0.2) is 0 Å². The fourth-order valence-electron chi connectivity index (χ4n) is 3.57. The van der Waals surface area contributed by atoms with E-state index < -0.39 is 0 Å². The molecule has 1 saturated carbocycles. The first-order chi connectivity index (χ1) is 8.29. The summed E-state index contributed by atoms with van der Waals surface area (Å²) in [6.45, 7) is 7.14. The van der Waals surface area contributed by atoms with Gasteiger partial charge in [0.25, 0.3) is 0 Å². The monoisotopic (exact) mass is 256 g/mol. The average Bonchev–Trinajstić information content (AvgIpc) is 2.37. The second-order valence-electron chi connectivity index (χ2n) is 5.88. The third kappa shape index (κ3) is 4.55. The van der Waals surface area contributed by atoms with Gasteiger partial charge in [-0.3, -0.25) is 0 Å². The maximum Gasteiger partial charge on any atom is -0.00944 e. The lowest BCUT2D eigenvalue weighted by atomic mass is 9.84. The summed E-state index contributed by atoms with van der Waals surface area (Å²) in [5.41, 5.74) is 0. The van der Waals surface area contributed by atoms with E-state index in [9.17, 15) is 0 Å². The van der Waals surface area contributed by atoms with Crippen LogP contribution in [0.4, 0.5) is 0 Å². The van der Waals surface area contributed by atoms with Crippen LogP contribution in [0.5, 0.6) is 0 Å². The maximum atomic E-state index is 2.39. The first-order valence-electron chi connectivity index (χ1n) is 8.04. The van der Waals surface area contributed by atoms with Gasteiger partial charge in [0.05, 0.1) is 0 Å². The lowest BCUT2D eigenvalue weighted by Crippen LogP contribution is -2.31. The molecule has 0 nitrogen and oxygen atoms in total. The molecular formula is C16H33P. The van der Waals surface area contributed by atoms with E-state index in [1.54, 1.807) is 31.6 Å². The fraction of sp³-hybridized carbons (Fsp3) is 1.00. The number of unbranched alkanes of at least 4 members (excludes halogenated alkanes) is 1. The van der Waals surface area contributed by atoms with Gasteiger partial charge in [0.2, 0.25) is 0 Å². The van der Waals surface area contributed by atoms with Crippen LogP contribution in [0.2, 0.25) is 0 Å². The Morgan fingerprint density at radius 2 is 1.41 bits per heavy atom. The van der Waals surface area contributed by atoms with E-state index >= 15 is 0 Å². The van der Waals surface area contributed by atoms with Gasteiger partial charge in [0.15, 0.2) is 0 Å². The fourth-order valence-corrected chi connectivity index (χ4v) is 7.24. The van der Waals surface area contributed by atoms with E-state index in [1.165, 1.54) is 44.9 Å². The normalized spacial score (nSPS) is 19.8. The molecule has 0 radical (unpaired) electrons. The summed E-state index contributed by atoms with van der Waals surface area (Å²) in [6, 6.07) is 0. The minimum atomic E-state index is 0.325. The van der Waals surface area contributed by atoms with Crippen molar-refractivity contribution >= 4 is 7.92 Å². The summed E-state index contributed by atoms with van der Waals surface area (Å²) in [4.78, 5) is 0.